The molecule has 3 rings (SSSR count). The Morgan fingerprint density at radius 1 is 1.27 bits per heavy atom. The number of likely N-dealkylation sites (tertiary alicyclic amines) is 1. The number of piperidine rings is 1. The van der Waals surface area contributed by atoms with Crippen LogP contribution in [0.4, 0.5) is 0 Å². The summed E-state index contributed by atoms with van der Waals surface area (Å²) >= 11 is 2.34. The van der Waals surface area contributed by atoms with Gasteiger partial charge in [-0.25, -0.2) is 0 Å². The van der Waals surface area contributed by atoms with E-state index in [1.807, 2.05) is 19.2 Å². The second-order valence-corrected chi connectivity index (χ2v) is 7.27. The van der Waals surface area contributed by atoms with Crippen molar-refractivity contribution in [3.05, 3.63) is 27.8 Å². The van der Waals surface area contributed by atoms with E-state index in [2.05, 4.69) is 49.9 Å². The highest BCUT2D eigenvalue weighted by molar-refractivity contribution is 14.1. The van der Waals surface area contributed by atoms with Crippen LogP contribution in [0.15, 0.2) is 29.3 Å². The van der Waals surface area contributed by atoms with E-state index in [0.29, 0.717) is 6.10 Å². The highest BCUT2D eigenvalue weighted by Crippen LogP contribution is 2.28. The van der Waals surface area contributed by atoms with Gasteiger partial charge in [0.05, 0.1) is 3.57 Å². The fourth-order valence-corrected chi connectivity index (χ4v) is 3.31. The van der Waals surface area contributed by atoms with Gasteiger partial charge in [-0.2, -0.15) is 0 Å². The Hall–Kier alpha value is -0.980. The zero-order valence-corrected chi connectivity index (χ0v) is 15.3. The molecule has 0 atom stereocenters. The summed E-state index contributed by atoms with van der Waals surface area (Å²) in [5.41, 5.74) is 0. The molecule has 1 saturated heterocycles. The lowest BCUT2D eigenvalue weighted by Crippen LogP contribution is -2.47. The Bertz CT molecular complexity index is 522. The van der Waals surface area contributed by atoms with Gasteiger partial charge in [-0.05, 0) is 53.5 Å². The van der Waals surface area contributed by atoms with E-state index >= 15 is 0 Å². The van der Waals surface area contributed by atoms with Gasteiger partial charge in [0.15, 0.2) is 5.96 Å². The summed E-state index contributed by atoms with van der Waals surface area (Å²) in [6.45, 7) is 3.10. The summed E-state index contributed by atoms with van der Waals surface area (Å²) in [7, 11) is 1.88. The van der Waals surface area contributed by atoms with E-state index in [1.165, 1.54) is 16.4 Å². The van der Waals surface area contributed by atoms with Crippen LogP contribution in [0.25, 0.3) is 0 Å². The van der Waals surface area contributed by atoms with Gasteiger partial charge in [0.2, 0.25) is 0 Å². The van der Waals surface area contributed by atoms with Gasteiger partial charge in [-0.1, -0.05) is 12.1 Å². The summed E-state index contributed by atoms with van der Waals surface area (Å²) in [5.74, 6) is 2.94. The number of aliphatic imine (C=N–C) groups is 1. The third-order valence-electron chi connectivity index (χ3n) is 4.33. The summed E-state index contributed by atoms with van der Waals surface area (Å²) in [5, 5.41) is 3.51. The Labute approximate surface area is 146 Å². The van der Waals surface area contributed by atoms with E-state index in [1.54, 1.807) is 0 Å². The molecule has 0 amide bonds. The van der Waals surface area contributed by atoms with Crippen molar-refractivity contribution in [3.63, 3.8) is 0 Å². The van der Waals surface area contributed by atoms with E-state index in [-0.39, 0.29) is 0 Å². The second-order valence-electron chi connectivity index (χ2n) is 6.11. The van der Waals surface area contributed by atoms with Crippen molar-refractivity contribution < 1.29 is 4.74 Å². The zero-order chi connectivity index (χ0) is 15.4. The molecule has 1 aliphatic heterocycles. The number of nitrogens with one attached hydrogen (secondary N) is 1. The lowest BCUT2D eigenvalue weighted by atomic mass is 10.1. The van der Waals surface area contributed by atoms with Crippen molar-refractivity contribution in [2.24, 2.45) is 10.9 Å². The summed E-state index contributed by atoms with van der Waals surface area (Å²) in [6.07, 6.45) is 5.16. The second kappa shape index (κ2) is 7.53. The molecule has 0 radical (unpaired) electrons. The number of hydrogen-bond acceptors (Lipinski definition) is 2. The first kappa shape index (κ1) is 15.9. The van der Waals surface area contributed by atoms with Crippen LogP contribution in [0.5, 0.6) is 5.75 Å². The van der Waals surface area contributed by atoms with Crippen LogP contribution < -0.4 is 10.1 Å². The first-order valence-corrected chi connectivity index (χ1v) is 9.21. The molecule has 1 saturated carbocycles. The highest BCUT2D eigenvalue weighted by Gasteiger charge is 2.25. The van der Waals surface area contributed by atoms with Crippen molar-refractivity contribution in [2.75, 3.05) is 26.7 Å². The number of rotatable bonds is 4. The Morgan fingerprint density at radius 2 is 2.00 bits per heavy atom. The lowest BCUT2D eigenvalue weighted by molar-refractivity contribution is 0.128. The standard InChI is InChI=1S/C17H24IN3O/c1-19-17(20-12-13-6-7-13)21-10-8-14(9-11-21)22-16-5-3-2-4-15(16)18/h2-5,13-14H,6-12H2,1H3,(H,19,20). The van der Waals surface area contributed by atoms with Crippen molar-refractivity contribution >= 4 is 28.6 Å². The molecule has 1 N–H and O–H groups in total. The molecule has 5 heteroatoms. The van der Waals surface area contributed by atoms with Gasteiger partial charge >= 0.3 is 0 Å². The number of benzene rings is 1. The van der Waals surface area contributed by atoms with Crippen LogP contribution >= 0.6 is 22.6 Å². The number of nitrogens with zero attached hydrogens (tertiary/aromatic N) is 2. The Morgan fingerprint density at radius 3 is 2.64 bits per heavy atom. The van der Waals surface area contributed by atoms with Crippen molar-refractivity contribution in [2.45, 2.75) is 31.8 Å². The fraction of sp³-hybridized carbons (Fsp3) is 0.588. The minimum atomic E-state index is 0.314. The third kappa shape index (κ3) is 4.27. The minimum absolute atomic E-state index is 0.314. The van der Waals surface area contributed by atoms with Crippen molar-refractivity contribution in [3.8, 4) is 5.75 Å². The smallest absolute Gasteiger partial charge is 0.193 e. The number of ether oxygens (including phenoxy) is 1. The topological polar surface area (TPSA) is 36.9 Å². The number of hydrogen-bond donors (Lipinski definition) is 1. The number of halogens is 1. The molecular weight excluding hydrogens is 389 g/mol. The van der Waals surface area contributed by atoms with Crippen LogP contribution in [0.3, 0.4) is 0 Å². The maximum Gasteiger partial charge on any atom is 0.193 e. The predicted molar refractivity (Wildman–Crippen MR) is 98.5 cm³/mol. The molecule has 0 unspecified atom stereocenters. The lowest BCUT2D eigenvalue weighted by Gasteiger charge is -2.34. The molecule has 0 bridgehead atoms. The zero-order valence-electron chi connectivity index (χ0n) is 13.1. The maximum atomic E-state index is 6.16. The van der Waals surface area contributed by atoms with Gasteiger partial charge in [0.1, 0.15) is 11.9 Å². The fourth-order valence-electron chi connectivity index (χ4n) is 2.80. The molecule has 0 aromatic heterocycles. The van der Waals surface area contributed by atoms with Gasteiger partial charge < -0.3 is 15.0 Å². The highest BCUT2D eigenvalue weighted by atomic mass is 127. The average molecular weight is 413 g/mol. The molecule has 1 heterocycles. The molecule has 1 aromatic carbocycles. The Kier molecular flexibility index (Phi) is 5.44. The van der Waals surface area contributed by atoms with E-state index in [0.717, 1.165) is 50.1 Å². The first-order chi connectivity index (χ1) is 10.8. The summed E-state index contributed by atoms with van der Waals surface area (Å²) in [6, 6.07) is 8.24. The molecule has 120 valence electrons. The van der Waals surface area contributed by atoms with E-state index in [4.69, 9.17) is 4.74 Å². The van der Waals surface area contributed by atoms with E-state index in [9.17, 15) is 0 Å². The molecule has 2 aliphatic rings. The van der Waals surface area contributed by atoms with Gasteiger partial charge in [-0.15, -0.1) is 0 Å². The monoisotopic (exact) mass is 413 g/mol. The van der Waals surface area contributed by atoms with E-state index < -0.39 is 0 Å². The molecule has 1 aromatic rings. The van der Waals surface area contributed by atoms with Gasteiger partial charge in [-0.3, -0.25) is 4.99 Å². The average Bonchev–Trinajstić information content (AvgIpc) is 3.36. The van der Waals surface area contributed by atoms with Gasteiger partial charge in [0, 0.05) is 39.5 Å². The van der Waals surface area contributed by atoms with Crippen molar-refractivity contribution in [1.29, 1.82) is 0 Å². The SMILES string of the molecule is CN=C(NCC1CC1)N1CCC(Oc2ccccc2I)CC1. The quantitative estimate of drug-likeness (QED) is 0.468. The summed E-state index contributed by atoms with van der Waals surface area (Å²) < 4.78 is 7.35. The molecular formula is C17H24IN3O. The number of guanidine groups is 1. The first-order valence-electron chi connectivity index (χ1n) is 8.13. The minimum Gasteiger partial charge on any atom is -0.489 e. The molecule has 0 spiro atoms. The molecule has 2 fully saturated rings. The largest absolute Gasteiger partial charge is 0.489 e. The summed E-state index contributed by atoms with van der Waals surface area (Å²) in [4.78, 5) is 6.78. The Balaban J connectivity index is 1.48. The molecule has 1 aliphatic carbocycles. The predicted octanol–water partition coefficient (Wildman–Crippen LogP) is 3.12. The van der Waals surface area contributed by atoms with Crippen LogP contribution in [0.1, 0.15) is 25.7 Å². The van der Waals surface area contributed by atoms with Crippen LogP contribution in [0.2, 0.25) is 0 Å². The molecule has 22 heavy (non-hydrogen) atoms. The van der Waals surface area contributed by atoms with Crippen LogP contribution in [-0.2, 0) is 0 Å². The van der Waals surface area contributed by atoms with Crippen LogP contribution in [-0.4, -0.2) is 43.6 Å². The maximum absolute atomic E-state index is 6.16. The third-order valence-corrected chi connectivity index (χ3v) is 5.22. The van der Waals surface area contributed by atoms with Gasteiger partial charge in [0.25, 0.3) is 0 Å². The molecule has 4 nitrogen and oxygen atoms in total. The normalized spacial score (nSPS) is 20.1. The van der Waals surface area contributed by atoms with Crippen LogP contribution in [0, 0.1) is 9.49 Å². The number of para-hydroxylation sites is 1. The van der Waals surface area contributed by atoms with Crippen molar-refractivity contribution in [1.82, 2.24) is 10.2 Å².